The molecule has 4 N–H and O–H groups in total. The molecule has 1 rings (SSSR count). The molecular weight excluding hydrogens is 118 g/mol. The number of hydrogen-bond donors (Lipinski definition) is 3. The van der Waals surface area contributed by atoms with Gasteiger partial charge in [-0.3, -0.25) is 0 Å². The zero-order chi connectivity index (χ0) is 6.85. The minimum absolute atomic E-state index is 0.230. The lowest BCUT2D eigenvalue weighted by atomic mass is 9.96. The molecular formula is C6H14NO2+. The lowest BCUT2D eigenvalue weighted by molar-refractivity contribution is -0.679. The van der Waals surface area contributed by atoms with Crippen molar-refractivity contribution in [1.29, 1.82) is 0 Å². The van der Waals surface area contributed by atoms with Gasteiger partial charge >= 0.3 is 0 Å². The lowest BCUT2D eigenvalue weighted by Crippen LogP contribution is -2.91. The van der Waals surface area contributed by atoms with E-state index in [4.69, 9.17) is 5.11 Å². The van der Waals surface area contributed by atoms with Crippen LogP contribution in [0.15, 0.2) is 0 Å². The Bertz CT molecular complexity index is 87.1. The van der Waals surface area contributed by atoms with Crippen molar-refractivity contribution in [2.45, 2.75) is 19.1 Å². The van der Waals surface area contributed by atoms with Crippen molar-refractivity contribution in [3.05, 3.63) is 0 Å². The van der Waals surface area contributed by atoms with Crippen molar-refractivity contribution in [2.75, 3.05) is 13.1 Å². The van der Waals surface area contributed by atoms with E-state index in [9.17, 15) is 5.11 Å². The molecule has 54 valence electrons. The smallest absolute Gasteiger partial charge is 0.129 e. The topological polar surface area (TPSA) is 57.1 Å². The summed E-state index contributed by atoms with van der Waals surface area (Å²) in [6.07, 6.45) is -1.02. The monoisotopic (exact) mass is 132 g/mol. The molecule has 0 aromatic heterocycles. The Hall–Kier alpha value is -0.120. The Morgan fingerprint density at radius 3 is 2.44 bits per heavy atom. The summed E-state index contributed by atoms with van der Waals surface area (Å²) < 4.78 is 0. The Kier molecular flexibility index (Phi) is 2.05. The summed E-state index contributed by atoms with van der Waals surface area (Å²) in [6.45, 7) is 3.52. The molecule has 0 aliphatic carbocycles. The highest BCUT2D eigenvalue weighted by molar-refractivity contribution is 4.73. The maximum absolute atomic E-state index is 9.18. The number of aliphatic hydroxyl groups is 2. The average molecular weight is 132 g/mol. The second kappa shape index (κ2) is 2.64. The first kappa shape index (κ1) is 6.99. The maximum atomic E-state index is 9.18. The molecule has 0 unspecified atom stereocenters. The quantitative estimate of drug-likeness (QED) is 0.354. The first-order valence-corrected chi connectivity index (χ1v) is 3.39. The van der Waals surface area contributed by atoms with Gasteiger partial charge in [0.2, 0.25) is 0 Å². The van der Waals surface area contributed by atoms with Crippen LogP contribution in [0.5, 0.6) is 0 Å². The predicted molar refractivity (Wildman–Crippen MR) is 32.8 cm³/mol. The number of aliphatic hydroxyl groups excluding tert-OH is 2. The van der Waals surface area contributed by atoms with Crippen LogP contribution in [-0.4, -0.2) is 35.5 Å². The van der Waals surface area contributed by atoms with Crippen LogP contribution >= 0.6 is 0 Å². The number of hydrogen-bond acceptors (Lipinski definition) is 2. The van der Waals surface area contributed by atoms with E-state index < -0.39 is 12.2 Å². The predicted octanol–water partition coefficient (Wildman–Crippen LogP) is -2.08. The number of nitrogens with two attached hydrogens (primary N) is 1. The third-order valence-electron chi connectivity index (χ3n) is 1.92. The fourth-order valence-electron chi connectivity index (χ4n) is 1.19. The minimum atomic E-state index is -0.520. The summed E-state index contributed by atoms with van der Waals surface area (Å²) in [6, 6.07) is 0. The third kappa shape index (κ3) is 1.41. The van der Waals surface area contributed by atoms with Gasteiger partial charge in [-0.25, -0.2) is 0 Å². The fraction of sp³-hybridized carbons (Fsp3) is 1.00. The van der Waals surface area contributed by atoms with Crippen LogP contribution in [0.1, 0.15) is 6.92 Å². The van der Waals surface area contributed by atoms with Gasteiger partial charge in [-0.2, -0.15) is 0 Å². The van der Waals surface area contributed by atoms with Crippen molar-refractivity contribution in [2.24, 2.45) is 5.92 Å². The Morgan fingerprint density at radius 1 is 1.33 bits per heavy atom. The molecule has 0 spiro atoms. The second-order valence-corrected chi connectivity index (χ2v) is 2.80. The molecule has 3 heteroatoms. The van der Waals surface area contributed by atoms with E-state index in [0.717, 1.165) is 6.54 Å². The summed E-state index contributed by atoms with van der Waals surface area (Å²) in [5, 5.41) is 20.3. The highest BCUT2D eigenvalue weighted by Crippen LogP contribution is 2.06. The van der Waals surface area contributed by atoms with E-state index >= 15 is 0 Å². The van der Waals surface area contributed by atoms with Crippen LogP contribution in [0.3, 0.4) is 0 Å². The van der Waals surface area contributed by atoms with Crippen molar-refractivity contribution < 1.29 is 15.5 Å². The number of quaternary nitrogens is 1. The van der Waals surface area contributed by atoms with E-state index in [1.807, 2.05) is 12.2 Å². The standard InChI is InChI=1S/C6H13NO2/c1-4-2-7-3-5(8)6(4)9/h4-9H,2-3H2,1H3/p+1/t4-,5-,6-/m1/s1. The van der Waals surface area contributed by atoms with Gasteiger partial charge in [-0.15, -0.1) is 0 Å². The number of rotatable bonds is 0. The zero-order valence-electron chi connectivity index (χ0n) is 5.62. The van der Waals surface area contributed by atoms with Gasteiger partial charge in [0.25, 0.3) is 0 Å². The molecule has 1 saturated heterocycles. The molecule has 0 amide bonds. The van der Waals surface area contributed by atoms with Crippen molar-refractivity contribution >= 4 is 0 Å². The third-order valence-corrected chi connectivity index (χ3v) is 1.92. The van der Waals surface area contributed by atoms with Crippen molar-refractivity contribution in [3.63, 3.8) is 0 Å². The maximum Gasteiger partial charge on any atom is 0.129 e. The van der Waals surface area contributed by atoms with Gasteiger partial charge in [-0.1, -0.05) is 6.92 Å². The normalized spacial score (nSPS) is 45.0. The van der Waals surface area contributed by atoms with E-state index in [-0.39, 0.29) is 5.92 Å². The Balaban J connectivity index is 2.41. The molecule has 0 saturated carbocycles. The Morgan fingerprint density at radius 2 is 2.00 bits per heavy atom. The summed E-state index contributed by atoms with van der Waals surface area (Å²) in [5.74, 6) is 0.230. The van der Waals surface area contributed by atoms with E-state index in [1.54, 1.807) is 0 Å². The summed E-state index contributed by atoms with van der Waals surface area (Å²) >= 11 is 0. The molecule has 1 aliphatic heterocycles. The molecule has 1 aliphatic rings. The Labute approximate surface area is 54.7 Å². The van der Waals surface area contributed by atoms with Crippen molar-refractivity contribution in [1.82, 2.24) is 0 Å². The molecule has 0 aromatic carbocycles. The zero-order valence-corrected chi connectivity index (χ0v) is 5.62. The highest BCUT2D eigenvalue weighted by Gasteiger charge is 2.29. The fourth-order valence-corrected chi connectivity index (χ4v) is 1.19. The van der Waals surface area contributed by atoms with Crippen LogP contribution in [-0.2, 0) is 0 Å². The molecule has 1 fully saturated rings. The first-order valence-electron chi connectivity index (χ1n) is 3.39. The summed E-state index contributed by atoms with van der Waals surface area (Å²) in [7, 11) is 0. The minimum Gasteiger partial charge on any atom is -0.390 e. The highest BCUT2D eigenvalue weighted by atomic mass is 16.3. The van der Waals surface area contributed by atoms with Crippen molar-refractivity contribution in [3.8, 4) is 0 Å². The second-order valence-electron chi connectivity index (χ2n) is 2.80. The van der Waals surface area contributed by atoms with Gasteiger partial charge in [0.15, 0.2) is 0 Å². The number of piperidine rings is 1. The largest absolute Gasteiger partial charge is 0.390 e. The molecule has 3 nitrogen and oxygen atoms in total. The van der Waals surface area contributed by atoms with Gasteiger partial charge in [0.1, 0.15) is 12.6 Å². The van der Waals surface area contributed by atoms with Crippen LogP contribution in [0, 0.1) is 5.92 Å². The SMILES string of the molecule is C[C@@H]1C[NH2+]C[C@@H](O)[C@@H]1O. The van der Waals surface area contributed by atoms with Crippen LogP contribution in [0.4, 0.5) is 0 Å². The van der Waals surface area contributed by atoms with Gasteiger partial charge < -0.3 is 15.5 Å². The molecule has 0 radical (unpaired) electrons. The molecule has 3 atom stereocenters. The lowest BCUT2D eigenvalue weighted by Gasteiger charge is -2.26. The summed E-state index contributed by atoms with van der Waals surface area (Å²) in [4.78, 5) is 0. The molecule has 1 heterocycles. The van der Waals surface area contributed by atoms with E-state index in [1.165, 1.54) is 0 Å². The summed E-state index contributed by atoms with van der Waals surface area (Å²) in [5.41, 5.74) is 0. The van der Waals surface area contributed by atoms with E-state index in [0.29, 0.717) is 6.54 Å². The van der Waals surface area contributed by atoms with Gasteiger partial charge in [0, 0.05) is 5.92 Å². The first-order chi connectivity index (χ1) is 4.22. The van der Waals surface area contributed by atoms with Gasteiger partial charge in [-0.05, 0) is 0 Å². The van der Waals surface area contributed by atoms with Crippen LogP contribution in [0.25, 0.3) is 0 Å². The molecule has 0 bridgehead atoms. The van der Waals surface area contributed by atoms with Crippen LogP contribution in [0.2, 0.25) is 0 Å². The molecule has 9 heavy (non-hydrogen) atoms. The van der Waals surface area contributed by atoms with E-state index in [2.05, 4.69) is 0 Å². The van der Waals surface area contributed by atoms with Gasteiger partial charge in [0.05, 0.1) is 12.6 Å². The van der Waals surface area contributed by atoms with Crippen LogP contribution < -0.4 is 5.32 Å². The molecule has 0 aromatic rings. The average Bonchev–Trinajstić information content (AvgIpc) is 1.83.